The minimum atomic E-state index is 0.0589. The number of nitrogens with one attached hydrogen (secondary N) is 1. The third kappa shape index (κ3) is 1.96. The monoisotopic (exact) mass is 271 g/mol. The fourth-order valence-corrected chi connectivity index (χ4v) is 2.71. The van der Waals surface area contributed by atoms with Crippen LogP contribution in [0.3, 0.4) is 0 Å². The molecule has 1 amide bonds. The molecule has 0 radical (unpaired) electrons. The predicted octanol–water partition coefficient (Wildman–Crippen LogP) is 2.70. The van der Waals surface area contributed by atoms with Crippen LogP contribution < -0.4 is 5.32 Å². The highest BCUT2D eigenvalue weighted by Crippen LogP contribution is 2.35. The Labute approximate surface area is 95.6 Å². The molecular formula is C10H10BrNOS. The molecule has 2 atom stereocenters. The van der Waals surface area contributed by atoms with E-state index in [4.69, 9.17) is 0 Å². The lowest BCUT2D eigenvalue weighted by Crippen LogP contribution is -2.22. The van der Waals surface area contributed by atoms with Crippen molar-refractivity contribution in [3.63, 3.8) is 0 Å². The molecule has 1 aromatic carbocycles. The zero-order chi connectivity index (χ0) is 10.1. The molecule has 4 heteroatoms. The predicted molar refractivity (Wildman–Crippen MR) is 62.1 cm³/mol. The second-order valence-corrected chi connectivity index (χ2v) is 5.58. The number of thioether (sulfide) groups is 1. The van der Waals surface area contributed by atoms with Crippen molar-refractivity contribution < 1.29 is 4.79 Å². The largest absolute Gasteiger partial charge is 0.339 e. The van der Waals surface area contributed by atoms with Crippen molar-refractivity contribution in [2.75, 3.05) is 0 Å². The Hall–Kier alpha value is -0.480. The van der Waals surface area contributed by atoms with Crippen LogP contribution in [0.15, 0.2) is 28.7 Å². The number of halogens is 1. The lowest BCUT2D eigenvalue weighted by atomic mass is 10.2. The minimum absolute atomic E-state index is 0.0589. The van der Waals surface area contributed by atoms with Crippen LogP contribution in [0, 0.1) is 0 Å². The molecular weight excluding hydrogens is 262 g/mol. The third-order valence-electron chi connectivity index (χ3n) is 2.16. The average molecular weight is 272 g/mol. The maximum atomic E-state index is 11.3. The van der Waals surface area contributed by atoms with Crippen LogP contribution in [-0.2, 0) is 4.79 Å². The van der Waals surface area contributed by atoms with Gasteiger partial charge in [0, 0.05) is 4.47 Å². The summed E-state index contributed by atoms with van der Waals surface area (Å²) in [6, 6.07) is 8.04. The summed E-state index contributed by atoms with van der Waals surface area (Å²) in [4.78, 5) is 11.3. The van der Waals surface area contributed by atoms with Crippen molar-refractivity contribution in [1.29, 1.82) is 0 Å². The summed E-state index contributed by atoms with van der Waals surface area (Å²) in [5.74, 6) is 0.128. The highest BCUT2D eigenvalue weighted by atomic mass is 79.9. The van der Waals surface area contributed by atoms with Crippen molar-refractivity contribution in [3.8, 4) is 0 Å². The zero-order valence-electron chi connectivity index (χ0n) is 7.66. The van der Waals surface area contributed by atoms with E-state index in [-0.39, 0.29) is 16.5 Å². The van der Waals surface area contributed by atoms with E-state index in [1.54, 1.807) is 11.8 Å². The van der Waals surface area contributed by atoms with Gasteiger partial charge in [-0.3, -0.25) is 4.79 Å². The number of rotatable bonds is 1. The van der Waals surface area contributed by atoms with E-state index in [0.717, 1.165) is 10.0 Å². The second kappa shape index (κ2) is 3.95. The summed E-state index contributed by atoms with van der Waals surface area (Å²) in [5.41, 5.74) is 1.15. The molecule has 0 aromatic heterocycles. The summed E-state index contributed by atoms with van der Waals surface area (Å²) >= 11 is 5.04. The molecule has 1 fully saturated rings. The number of amides is 1. The average Bonchev–Trinajstić information content (AvgIpc) is 2.48. The van der Waals surface area contributed by atoms with E-state index < -0.39 is 0 Å². The Morgan fingerprint density at radius 3 is 2.50 bits per heavy atom. The normalized spacial score (nSPS) is 26.3. The highest BCUT2D eigenvalue weighted by molar-refractivity contribution is 9.10. The van der Waals surface area contributed by atoms with Gasteiger partial charge in [-0.25, -0.2) is 0 Å². The number of carbonyl (C=O) groups excluding carboxylic acids is 1. The van der Waals surface area contributed by atoms with Gasteiger partial charge in [-0.15, -0.1) is 11.8 Å². The van der Waals surface area contributed by atoms with Crippen molar-refractivity contribution in [2.24, 2.45) is 0 Å². The van der Waals surface area contributed by atoms with E-state index in [0.29, 0.717) is 0 Å². The summed E-state index contributed by atoms with van der Waals surface area (Å²) in [6.07, 6.45) is 0. The molecule has 2 nitrogen and oxygen atoms in total. The summed E-state index contributed by atoms with van der Waals surface area (Å²) < 4.78 is 1.06. The van der Waals surface area contributed by atoms with Gasteiger partial charge < -0.3 is 5.32 Å². The Bertz CT molecular complexity index is 352. The first-order chi connectivity index (χ1) is 6.66. The number of hydrogen-bond acceptors (Lipinski definition) is 2. The smallest absolute Gasteiger partial charge is 0.234 e. The van der Waals surface area contributed by atoms with Gasteiger partial charge >= 0.3 is 0 Å². The topological polar surface area (TPSA) is 29.1 Å². The lowest BCUT2D eigenvalue weighted by Gasteiger charge is -2.08. The zero-order valence-corrected chi connectivity index (χ0v) is 10.1. The standard InChI is InChI=1S/C10H10BrNOS/c1-6-9(13)12-10(14-6)7-2-4-8(11)5-3-7/h2-6,10H,1H3,(H,12,13)/t6-,10+/m1/s1. The second-order valence-electron chi connectivity index (χ2n) is 3.22. The van der Waals surface area contributed by atoms with Crippen LogP contribution >= 0.6 is 27.7 Å². The molecule has 14 heavy (non-hydrogen) atoms. The lowest BCUT2D eigenvalue weighted by molar-refractivity contribution is -0.119. The summed E-state index contributed by atoms with van der Waals surface area (Å²) in [7, 11) is 0. The molecule has 1 aromatic rings. The van der Waals surface area contributed by atoms with E-state index in [1.165, 1.54) is 0 Å². The molecule has 74 valence electrons. The van der Waals surface area contributed by atoms with Crippen LogP contribution in [-0.4, -0.2) is 11.2 Å². The third-order valence-corrected chi connectivity index (χ3v) is 3.97. The molecule has 1 saturated heterocycles. The summed E-state index contributed by atoms with van der Waals surface area (Å²) in [6.45, 7) is 1.93. The van der Waals surface area contributed by atoms with Crippen LogP contribution in [0.25, 0.3) is 0 Å². The minimum Gasteiger partial charge on any atom is -0.339 e. The molecule has 1 aliphatic heterocycles. The van der Waals surface area contributed by atoms with Gasteiger partial charge in [0.2, 0.25) is 5.91 Å². The maximum absolute atomic E-state index is 11.3. The molecule has 2 rings (SSSR count). The molecule has 1 heterocycles. The fourth-order valence-electron chi connectivity index (χ4n) is 1.35. The number of carbonyl (C=O) groups is 1. The SMILES string of the molecule is C[C@H]1S[C@@H](c2ccc(Br)cc2)NC1=O. The quantitative estimate of drug-likeness (QED) is 0.851. The highest BCUT2D eigenvalue weighted by Gasteiger charge is 2.29. The molecule has 0 aliphatic carbocycles. The van der Waals surface area contributed by atoms with E-state index >= 15 is 0 Å². The van der Waals surface area contributed by atoms with Crippen LogP contribution in [0.5, 0.6) is 0 Å². The molecule has 0 unspecified atom stereocenters. The first-order valence-electron chi connectivity index (χ1n) is 4.38. The molecule has 1 aliphatic rings. The van der Waals surface area contributed by atoms with Gasteiger partial charge in [-0.05, 0) is 24.6 Å². The van der Waals surface area contributed by atoms with Gasteiger partial charge in [0.25, 0.3) is 0 Å². The maximum Gasteiger partial charge on any atom is 0.234 e. The van der Waals surface area contributed by atoms with Crippen LogP contribution in [0.1, 0.15) is 17.9 Å². The van der Waals surface area contributed by atoms with E-state index in [9.17, 15) is 4.79 Å². The number of benzene rings is 1. The Kier molecular flexibility index (Phi) is 2.83. The van der Waals surface area contributed by atoms with E-state index in [1.807, 2.05) is 31.2 Å². The molecule has 0 spiro atoms. The first kappa shape index (κ1) is 10.1. The van der Waals surface area contributed by atoms with Crippen LogP contribution in [0.2, 0.25) is 0 Å². The molecule has 0 bridgehead atoms. The fraction of sp³-hybridized carbons (Fsp3) is 0.300. The van der Waals surface area contributed by atoms with Gasteiger partial charge in [0.15, 0.2) is 0 Å². The molecule has 1 N–H and O–H groups in total. The first-order valence-corrected chi connectivity index (χ1v) is 6.12. The van der Waals surface area contributed by atoms with Crippen molar-refractivity contribution in [3.05, 3.63) is 34.3 Å². The summed E-state index contributed by atoms with van der Waals surface area (Å²) in [5, 5.41) is 3.12. The van der Waals surface area contributed by atoms with Gasteiger partial charge in [-0.2, -0.15) is 0 Å². The Morgan fingerprint density at radius 2 is 2.00 bits per heavy atom. The van der Waals surface area contributed by atoms with E-state index in [2.05, 4.69) is 21.2 Å². The van der Waals surface area contributed by atoms with Crippen molar-refractivity contribution >= 4 is 33.6 Å². The van der Waals surface area contributed by atoms with Gasteiger partial charge in [0.05, 0.1) is 5.25 Å². The molecule has 0 saturated carbocycles. The van der Waals surface area contributed by atoms with Crippen molar-refractivity contribution in [1.82, 2.24) is 5.32 Å². The van der Waals surface area contributed by atoms with Crippen molar-refractivity contribution in [2.45, 2.75) is 17.5 Å². The Morgan fingerprint density at radius 1 is 1.36 bits per heavy atom. The van der Waals surface area contributed by atoms with Crippen LogP contribution in [0.4, 0.5) is 0 Å². The van der Waals surface area contributed by atoms with Gasteiger partial charge in [-0.1, -0.05) is 28.1 Å². The Balaban J connectivity index is 2.17. The van der Waals surface area contributed by atoms with Gasteiger partial charge in [0.1, 0.15) is 5.37 Å². The number of hydrogen-bond donors (Lipinski definition) is 1.